The Hall–Kier alpha value is -1.86. The summed E-state index contributed by atoms with van der Waals surface area (Å²) in [6.07, 6.45) is 4.86. The molecule has 0 aromatic carbocycles. The van der Waals surface area contributed by atoms with E-state index in [0.717, 1.165) is 51.5 Å². The third-order valence-corrected chi connectivity index (χ3v) is 5.31. The smallest absolute Gasteiger partial charge is 0.267 e. The van der Waals surface area contributed by atoms with Crippen molar-refractivity contribution in [3.8, 4) is 5.75 Å². The van der Waals surface area contributed by atoms with Gasteiger partial charge in [0.1, 0.15) is 16.5 Å². The van der Waals surface area contributed by atoms with Crippen molar-refractivity contribution in [2.75, 3.05) is 33.3 Å². The molecule has 1 fully saturated rings. The van der Waals surface area contributed by atoms with Gasteiger partial charge in [-0.15, -0.1) is 11.3 Å². The van der Waals surface area contributed by atoms with Crippen LogP contribution >= 0.6 is 11.3 Å². The van der Waals surface area contributed by atoms with Crippen molar-refractivity contribution in [3.05, 3.63) is 34.5 Å². The summed E-state index contributed by atoms with van der Waals surface area (Å²) < 4.78 is 7.46. The molecule has 0 N–H and O–H groups in total. The Balaban J connectivity index is 1.62. The molecule has 0 radical (unpaired) electrons. The van der Waals surface area contributed by atoms with Gasteiger partial charge in [-0.1, -0.05) is 0 Å². The fourth-order valence-corrected chi connectivity index (χ4v) is 3.89. The number of nitrogens with zero attached hydrogens (tertiary/aromatic N) is 4. The first-order chi connectivity index (χ1) is 11.7. The maximum absolute atomic E-state index is 12.7. The monoisotopic (exact) mass is 348 g/mol. The lowest BCUT2D eigenvalue weighted by atomic mass is 10.3. The van der Waals surface area contributed by atoms with Crippen LogP contribution in [0.15, 0.2) is 23.8 Å². The van der Waals surface area contributed by atoms with Gasteiger partial charge in [-0.2, -0.15) is 0 Å². The summed E-state index contributed by atoms with van der Waals surface area (Å²) in [5.74, 6) is 1.85. The number of amides is 1. The Labute approximate surface area is 146 Å². The van der Waals surface area contributed by atoms with Gasteiger partial charge in [0.05, 0.1) is 13.7 Å². The van der Waals surface area contributed by atoms with Gasteiger partial charge in [-0.25, -0.2) is 4.98 Å². The van der Waals surface area contributed by atoms with Crippen LogP contribution < -0.4 is 4.74 Å². The highest BCUT2D eigenvalue weighted by atomic mass is 32.1. The summed E-state index contributed by atoms with van der Waals surface area (Å²) >= 11 is 1.45. The van der Waals surface area contributed by atoms with E-state index in [1.165, 1.54) is 11.3 Å². The fraction of sp³-hybridized carbons (Fsp3) is 0.529. The second kappa shape index (κ2) is 7.81. The molecule has 0 spiro atoms. The lowest BCUT2D eigenvalue weighted by molar-refractivity contribution is 0.0762. The predicted molar refractivity (Wildman–Crippen MR) is 94.6 cm³/mol. The van der Waals surface area contributed by atoms with Crippen molar-refractivity contribution in [1.29, 1.82) is 0 Å². The first kappa shape index (κ1) is 17.0. The molecule has 0 saturated carbocycles. The van der Waals surface area contributed by atoms with Crippen LogP contribution in [0.5, 0.6) is 5.75 Å². The minimum Gasteiger partial charge on any atom is -0.495 e. The van der Waals surface area contributed by atoms with Crippen LogP contribution in [0.2, 0.25) is 0 Å². The van der Waals surface area contributed by atoms with Gasteiger partial charge < -0.3 is 14.2 Å². The summed E-state index contributed by atoms with van der Waals surface area (Å²) in [4.78, 5) is 22.2. The Bertz CT molecular complexity index is 682. The highest BCUT2D eigenvalue weighted by Gasteiger charge is 2.24. The number of carbonyl (C=O) groups is 1. The van der Waals surface area contributed by atoms with Crippen LogP contribution in [0, 0.1) is 0 Å². The van der Waals surface area contributed by atoms with E-state index >= 15 is 0 Å². The minimum absolute atomic E-state index is 0.0822. The first-order valence-electron chi connectivity index (χ1n) is 8.36. The number of carbonyl (C=O) groups excluding carboxylic acids is 1. The molecule has 7 heteroatoms. The first-order valence-corrected chi connectivity index (χ1v) is 9.24. The van der Waals surface area contributed by atoms with Gasteiger partial charge in [0.25, 0.3) is 5.91 Å². The number of imidazole rings is 1. The molecule has 1 aliphatic heterocycles. The van der Waals surface area contributed by atoms with Crippen LogP contribution in [-0.2, 0) is 13.1 Å². The molecule has 0 atom stereocenters. The van der Waals surface area contributed by atoms with Crippen LogP contribution in [0.3, 0.4) is 0 Å². The zero-order chi connectivity index (χ0) is 16.9. The number of rotatable bonds is 5. The molecule has 0 bridgehead atoms. The molecule has 2 aromatic heterocycles. The third-order valence-electron chi connectivity index (χ3n) is 4.43. The number of methoxy groups -OCH3 is 1. The van der Waals surface area contributed by atoms with Gasteiger partial charge in [-0.3, -0.25) is 9.69 Å². The topological polar surface area (TPSA) is 50.6 Å². The average Bonchev–Trinajstić information content (AvgIpc) is 3.19. The number of thiophene rings is 1. The highest BCUT2D eigenvalue weighted by Crippen LogP contribution is 2.26. The molecule has 3 heterocycles. The number of aryl methyl sites for hydroxylation is 1. The van der Waals surface area contributed by atoms with Crippen LogP contribution in [-0.4, -0.2) is 58.5 Å². The molecular weight excluding hydrogens is 324 g/mol. The molecular formula is C17H24N4O2S. The molecule has 6 nitrogen and oxygen atoms in total. The Morgan fingerprint density at radius 3 is 3.00 bits per heavy atom. The molecule has 3 rings (SSSR count). The lowest BCUT2D eigenvalue weighted by Gasteiger charge is -2.22. The molecule has 130 valence electrons. The van der Waals surface area contributed by atoms with Crippen molar-refractivity contribution in [2.45, 2.75) is 26.4 Å². The summed E-state index contributed by atoms with van der Waals surface area (Å²) in [6, 6.07) is 1.85. The van der Waals surface area contributed by atoms with Crippen molar-refractivity contribution < 1.29 is 9.53 Å². The number of hydrogen-bond acceptors (Lipinski definition) is 5. The zero-order valence-corrected chi connectivity index (χ0v) is 15.1. The molecule has 1 amide bonds. The van der Waals surface area contributed by atoms with Crippen molar-refractivity contribution in [3.63, 3.8) is 0 Å². The maximum Gasteiger partial charge on any atom is 0.267 e. The summed E-state index contributed by atoms with van der Waals surface area (Å²) in [5, 5.41) is 1.90. The van der Waals surface area contributed by atoms with E-state index in [-0.39, 0.29) is 5.91 Å². The van der Waals surface area contributed by atoms with E-state index in [9.17, 15) is 4.79 Å². The average molecular weight is 348 g/mol. The molecule has 0 unspecified atom stereocenters. The quantitative estimate of drug-likeness (QED) is 0.832. The van der Waals surface area contributed by atoms with Gasteiger partial charge >= 0.3 is 0 Å². The molecule has 1 saturated heterocycles. The normalized spacial score (nSPS) is 16.2. The zero-order valence-electron chi connectivity index (χ0n) is 14.3. The van der Waals surface area contributed by atoms with Gasteiger partial charge in [0.2, 0.25) is 0 Å². The maximum atomic E-state index is 12.7. The lowest BCUT2D eigenvalue weighted by Crippen LogP contribution is -2.35. The predicted octanol–water partition coefficient (Wildman–Crippen LogP) is 2.32. The number of aromatic nitrogens is 2. The second-order valence-corrected chi connectivity index (χ2v) is 6.79. The van der Waals surface area contributed by atoms with Crippen LogP contribution in [0.1, 0.15) is 28.8 Å². The standard InChI is InChI=1S/C17H24N4O2S/c1-3-20-9-6-18-15(20)13-19-7-4-8-21(11-10-19)17(22)16-14(23-2)5-12-24-16/h5-6,9,12H,3-4,7-8,10-11,13H2,1-2H3. The van der Waals surface area contributed by atoms with Crippen molar-refractivity contribution >= 4 is 17.2 Å². The fourth-order valence-electron chi connectivity index (χ4n) is 3.07. The third kappa shape index (κ3) is 3.62. The largest absolute Gasteiger partial charge is 0.495 e. The summed E-state index contributed by atoms with van der Waals surface area (Å²) in [6.45, 7) is 7.29. The SMILES string of the molecule is CCn1ccnc1CN1CCCN(C(=O)c2sccc2OC)CC1. The highest BCUT2D eigenvalue weighted by molar-refractivity contribution is 7.12. The second-order valence-electron chi connectivity index (χ2n) is 5.87. The van der Waals surface area contributed by atoms with E-state index in [0.29, 0.717) is 10.6 Å². The molecule has 2 aromatic rings. The summed E-state index contributed by atoms with van der Waals surface area (Å²) in [7, 11) is 1.61. The van der Waals surface area contributed by atoms with Crippen LogP contribution in [0.25, 0.3) is 0 Å². The Kier molecular flexibility index (Phi) is 5.52. The Morgan fingerprint density at radius 2 is 2.21 bits per heavy atom. The van der Waals surface area contributed by atoms with Crippen molar-refractivity contribution in [2.24, 2.45) is 0 Å². The van der Waals surface area contributed by atoms with E-state index in [1.54, 1.807) is 7.11 Å². The molecule has 0 aliphatic carbocycles. The van der Waals surface area contributed by atoms with E-state index in [1.807, 2.05) is 28.7 Å². The van der Waals surface area contributed by atoms with E-state index in [4.69, 9.17) is 4.74 Å². The van der Waals surface area contributed by atoms with E-state index < -0.39 is 0 Å². The van der Waals surface area contributed by atoms with Gasteiger partial charge in [0.15, 0.2) is 0 Å². The van der Waals surface area contributed by atoms with Gasteiger partial charge in [-0.05, 0) is 24.8 Å². The van der Waals surface area contributed by atoms with Gasteiger partial charge in [0, 0.05) is 45.1 Å². The summed E-state index contributed by atoms with van der Waals surface area (Å²) in [5.41, 5.74) is 0. The number of ether oxygens (including phenoxy) is 1. The van der Waals surface area contributed by atoms with Crippen molar-refractivity contribution in [1.82, 2.24) is 19.4 Å². The minimum atomic E-state index is 0.0822. The van der Waals surface area contributed by atoms with E-state index in [2.05, 4.69) is 21.4 Å². The Morgan fingerprint density at radius 1 is 1.33 bits per heavy atom. The number of hydrogen-bond donors (Lipinski definition) is 0. The van der Waals surface area contributed by atoms with Crippen LogP contribution in [0.4, 0.5) is 0 Å². The molecule has 24 heavy (non-hydrogen) atoms. The molecule has 1 aliphatic rings.